The molecule has 1 aliphatic rings. The van der Waals surface area contributed by atoms with Crippen LogP contribution in [0.1, 0.15) is 30.4 Å². The van der Waals surface area contributed by atoms with Crippen LogP contribution in [-0.2, 0) is 6.54 Å². The second-order valence-electron chi connectivity index (χ2n) is 7.53. The van der Waals surface area contributed by atoms with E-state index in [0.717, 1.165) is 31.6 Å². The third-order valence-corrected chi connectivity index (χ3v) is 5.01. The minimum Gasteiger partial charge on any atom is -0.405 e. The molecule has 33 heavy (non-hydrogen) atoms. The molecule has 1 aromatic heterocycles. The monoisotopic (exact) mass is 461 g/mol. The maximum absolute atomic E-state index is 12.6. The molecule has 8 nitrogen and oxygen atoms in total. The third kappa shape index (κ3) is 7.84. The predicted octanol–water partition coefficient (Wildman–Crippen LogP) is 3.52. The maximum Gasteiger partial charge on any atom is 0.573 e. The molecular formula is C22H26F3N7O. The lowest BCUT2D eigenvalue weighted by molar-refractivity contribution is -0.274. The lowest BCUT2D eigenvalue weighted by Crippen LogP contribution is -2.39. The minimum atomic E-state index is -4.79. The van der Waals surface area contributed by atoms with Gasteiger partial charge in [0.15, 0.2) is 0 Å². The highest BCUT2D eigenvalue weighted by Crippen LogP contribution is 2.26. The number of hydrogen-bond acceptors (Lipinski definition) is 8. The molecule has 0 bridgehead atoms. The smallest absolute Gasteiger partial charge is 0.405 e. The summed E-state index contributed by atoms with van der Waals surface area (Å²) in [5, 5.41) is 22.1. The van der Waals surface area contributed by atoms with E-state index < -0.39 is 6.36 Å². The lowest BCUT2D eigenvalue weighted by Gasteiger charge is -2.25. The van der Waals surface area contributed by atoms with E-state index in [1.807, 2.05) is 6.07 Å². The molecule has 0 spiro atoms. The van der Waals surface area contributed by atoms with Crippen molar-refractivity contribution in [1.82, 2.24) is 20.6 Å². The summed E-state index contributed by atoms with van der Waals surface area (Å²) in [6, 6.07) is 8.26. The number of benzene rings is 1. The average Bonchev–Trinajstić information content (AvgIpc) is 2.78. The Bertz CT molecular complexity index is 985. The van der Waals surface area contributed by atoms with Crippen molar-refractivity contribution in [2.24, 2.45) is 0 Å². The van der Waals surface area contributed by atoms with Gasteiger partial charge in [0.05, 0.1) is 6.20 Å². The van der Waals surface area contributed by atoms with Crippen LogP contribution in [0.3, 0.4) is 0 Å². The molecule has 2 aromatic rings. The summed E-state index contributed by atoms with van der Waals surface area (Å²) >= 11 is 0. The Morgan fingerprint density at radius 2 is 2.00 bits per heavy atom. The molecule has 0 saturated carbocycles. The molecule has 11 heteroatoms. The number of nitriles is 1. The minimum absolute atomic E-state index is 0.00850. The Hall–Kier alpha value is -3.52. The van der Waals surface area contributed by atoms with Crippen molar-refractivity contribution >= 4 is 11.8 Å². The summed E-state index contributed by atoms with van der Waals surface area (Å²) in [6.45, 7) is 6.54. The van der Waals surface area contributed by atoms with Gasteiger partial charge in [0.2, 0.25) is 5.95 Å². The van der Waals surface area contributed by atoms with Crippen molar-refractivity contribution in [2.45, 2.75) is 38.2 Å². The molecule has 1 aromatic carbocycles. The Kier molecular flexibility index (Phi) is 8.32. The normalized spacial score (nSPS) is 14.2. The molecule has 1 saturated heterocycles. The molecule has 0 unspecified atom stereocenters. The number of alkyl halides is 3. The van der Waals surface area contributed by atoms with E-state index in [1.54, 1.807) is 6.07 Å². The van der Waals surface area contributed by atoms with Gasteiger partial charge in [-0.1, -0.05) is 24.8 Å². The third-order valence-electron chi connectivity index (χ3n) is 5.01. The van der Waals surface area contributed by atoms with Crippen LogP contribution in [0.25, 0.3) is 0 Å². The number of piperidine rings is 1. The summed E-state index contributed by atoms with van der Waals surface area (Å²) < 4.78 is 41.9. The van der Waals surface area contributed by atoms with E-state index in [-0.39, 0.29) is 29.4 Å². The number of nitrogens with zero attached hydrogens (tertiary/aromatic N) is 3. The first-order valence-electron chi connectivity index (χ1n) is 10.6. The fourth-order valence-electron chi connectivity index (χ4n) is 3.39. The van der Waals surface area contributed by atoms with Gasteiger partial charge in [-0.25, -0.2) is 4.98 Å². The van der Waals surface area contributed by atoms with E-state index in [2.05, 4.69) is 42.6 Å². The van der Waals surface area contributed by atoms with Gasteiger partial charge in [-0.3, -0.25) is 0 Å². The lowest BCUT2D eigenvalue weighted by atomic mass is 10.1. The van der Waals surface area contributed by atoms with Crippen molar-refractivity contribution in [1.29, 1.82) is 5.26 Å². The summed E-state index contributed by atoms with van der Waals surface area (Å²) in [7, 11) is 0. The largest absolute Gasteiger partial charge is 0.573 e. The summed E-state index contributed by atoms with van der Waals surface area (Å²) in [4.78, 5) is 8.36. The molecule has 0 radical (unpaired) electrons. The summed E-state index contributed by atoms with van der Waals surface area (Å²) in [6.07, 6.45) is -0.696. The van der Waals surface area contributed by atoms with Crippen molar-refractivity contribution in [3.63, 3.8) is 0 Å². The summed E-state index contributed by atoms with van der Waals surface area (Å²) in [5.74, 6) is 0.207. The molecule has 4 N–H and O–H groups in total. The highest BCUT2D eigenvalue weighted by molar-refractivity contribution is 5.53. The van der Waals surface area contributed by atoms with Crippen LogP contribution >= 0.6 is 0 Å². The number of hydrogen-bond donors (Lipinski definition) is 4. The fourth-order valence-corrected chi connectivity index (χ4v) is 3.39. The molecular weight excluding hydrogens is 435 g/mol. The van der Waals surface area contributed by atoms with E-state index >= 15 is 0 Å². The number of ether oxygens (including phenoxy) is 1. The predicted molar refractivity (Wildman–Crippen MR) is 118 cm³/mol. The van der Waals surface area contributed by atoms with Gasteiger partial charge >= 0.3 is 6.36 Å². The molecule has 0 atom stereocenters. The second kappa shape index (κ2) is 11.4. The Morgan fingerprint density at radius 1 is 1.24 bits per heavy atom. The molecule has 0 amide bonds. The Morgan fingerprint density at radius 3 is 2.73 bits per heavy atom. The van der Waals surface area contributed by atoms with Gasteiger partial charge in [0, 0.05) is 36.8 Å². The van der Waals surface area contributed by atoms with E-state index in [0.29, 0.717) is 24.8 Å². The average molecular weight is 461 g/mol. The van der Waals surface area contributed by atoms with Gasteiger partial charge < -0.3 is 26.0 Å². The zero-order valence-corrected chi connectivity index (χ0v) is 18.0. The van der Waals surface area contributed by atoms with Crippen LogP contribution in [0.15, 0.2) is 42.7 Å². The van der Waals surface area contributed by atoms with Crippen molar-refractivity contribution < 1.29 is 17.9 Å². The maximum atomic E-state index is 12.6. The van der Waals surface area contributed by atoms with Gasteiger partial charge in [-0.05, 0) is 32.0 Å². The summed E-state index contributed by atoms with van der Waals surface area (Å²) in [5.41, 5.74) is 1.46. The molecule has 3 rings (SSSR count). The van der Waals surface area contributed by atoms with E-state index in [1.165, 1.54) is 24.4 Å². The highest BCUT2D eigenvalue weighted by atomic mass is 19.4. The quantitative estimate of drug-likeness (QED) is 0.426. The number of anilines is 2. The van der Waals surface area contributed by atoms with Crippen molar-refractivity contribution in [3.05, 3.63) is 53.9 Å². The zero-order valence-electron chi connectivity index (χ0n) is 18.0. The molecule has 0 aliphatic carbocycles. The SMILES string of the molecule is C=C(CCNc1nc(NCc2ccccc2OC(F)(F)F)ncc1C#N)NC1CCNCC1. The molecule has 2 heterocycles. The molecule has 176 valence electrons. The van der Waals surface area contributed by atoms with Gasteiger partial charge in [-0.2, -0.15) is 10.2 Å². The van der Waals surface area contributed by atoms with E-state index in [9.17, 15) is 18.4 Å². The molecule has 1 fully saturated rings. The number of aromatic nitrogens is 2. The number of para-hydroxylation sites is 1. The fraction of sp³-hybridized carbons (Fsp3) is 0.409. The first kappa shape index (κ1) is 24.1. The first-order valence-corrected chi connectivity index (χ1v) is 10.6. The Balaban J connectivity index is 1.56. The number of rotatable bonds is 10. The van der Waals surface area contributed by atoms with Crippen LogP contribution in [0.4, 0.5) is 24.9 Å². The topological polar surface area (TPSA) is 107 Å². The standard InChI is InChI=1S/C22H26F3N7O/c1-15(31-18-7-9-27-10-8-18)6-11-28-20-17(12-26)14-30-21(32-20)29-13-16-4-2-3-5-19(16)33-22(23,24)25/h2-5,14,18,27,31H,1,6-11,13H2,(H2,28,29,30,32). The van der Waals surface area contributed by atoms with Crippen molar-refractivity contribution in [2.75, 3.05) is 30.3 Å². The van der Waals surface area contributed by atoms with Crippen molar-refractivity contribution in [3.8, 4) is 11.8 Å². The Labute approximate surface area is 190 Å². The second-order valence-corrected chi connectivity index (χ2v) is 7.53. The van der Waals surface area contributed by atoms with Crippen LogP contribution < -0.4 is 26.0 Å². The van der Waals surface area contributed by atoms with E-state index in [4.69, 9.17) is 0 Å². The van der Waals surface area contributed by atoms with Crippen LogP contribution in [0.5, 0.6) is 5.75 Å². The van der Waals surface area contributed by atoms with Crippen LogP contribution in [-0.4, -0.2) is 42.0 Å². The first-order chi connectivity index (χ1) is 15.8. The van der Waals surface area contributed by atoms with Crippen LogP contribution in [0.2, 0.25) is 0 Å². The number of halogens is 3. The molecule has 1 aliphatic heterocycles. The van der Waals surface area contributed by atoms with Gasteiger partial charge in [0.25, 0.3) is 0 Å². The van der Waals surface area contributed by atoms with Crippen LogP contribution in [0, 0.1) is 11.3 Å². The zero-order chi connectivity index (χ0) is 23.7. The van der Waals surface area contributed by atoms with Gasteiger partial charge in [0.1, 0.15) is 23.2 Å². The highest BCUT2D eigenvalue weighted by Gasteiger charge is 2.32. The number of nitrogens with one attached hydrogen (secondary N) is 4. The van der Waals surface area contributed by atoms with Gasteiger partial charge in [-0.15, -0.1) is 13.2 Å².